The number of carbonyl (C=O) groups excluding carboxylic acids is 2. The largest absolute Gasteiger partial charge is 0.390 e. The lowest BCUT2D eigenvalue weighted by molar-refractivity contribution is 0.0957. The second-order valence-corrected chi connectivity index (χ2v) is 8.41. The van der Waals surface area contributed by atoms with E-state index in [9.17, 15) is 14.7 Å². The molecule has 0 unspecified atom stereocenters. The fraction of sp³-hybridized carbons (Fsp3) is 0.292. The molecule has 32 heavy (non-hydrogen) atoms. The highest BCUT2D eigenvalue weighted by atomic mass is 16.3. The molecule has 8 heteroatoms. The zero-order chi connectivity index (χ0) is 22.5. The number of anilines is 1. The summed E-state index contributed by atoms with van der Waals surface area (Å²) in [6.07, 6.45) is 1.16. The number of nitrogens with zero attached hydrogens (tertiary/aromatic N) is 2. The van der Waals surface area contributed by atoms with Crippen molar-refractivity contribution in [1.82, 2.24) is 20.4 Å². The molecule has 2 aliphatic rings. The van der Waals surface area contributed by atoms with Crippen molar-refractivity contribution in [3.8, 4) is 5.69 Å². The molecule has 0 saturated heterocycles. The first-order valence-electron chi connectivity index (χ1n) is 10.7. The third-order valence-corrected chi connectivity index (χ3v) is 6.59. The number of rotatable bonds is 4. The maximum atomic E-state index is 13.1. The van der Waals surface area contributed by atoms with E-state index in [0.29, 0.717) is 17.1 Å². The second kappa shape index (κ2) is 7.49. The highest BCUT2D eigenvalue weighted by molar-refractivity contribution is 5.97. The number of aromatic nitrogens is 2. The predicted octanol–water partition coefficient (Wildman–Crippen LogP) is 2.81. The quantitative estimate of drug-likeness (QED) is 0.509. The molecular formula is C24H25N5O3. The summed E-state index contributed by atoms with van der Waals surface area (Å²) in [4.78, 5) is 25.4. The van der Waals surface area contributed by atoms with Crippen LogP contribution in [-0.2, 0) is 5.41 Å². The molecule has 1 aromatic heterocycles. The van der Waals surface area contributed by atoms with E-state index >= 15 is 0 Å². The minimum Gasteiger partial charge on any atom is -0.390 e. The van der Waals surface area contributed by atoms with E-state index in [1.165, 1.54) is 7.05 Å². The summed E-state index contributed by atoms with van der Waals surface area (Å²) < 4.78 is 1.54. The van der Waals surface area contributed by atoms with Crippen LogP contribution in [0.1, 0.15) is 46.1 Å². The lowest BCUT2D eigenvalue weighted by Crippen LogP contribution is -2.39. The average Bonchev–Trinajstić information content (AvgIpc) is 3.52. The van der Waals surface area contributed by atoms with Crippen LogP contribution in [0.4, 0.5) is 10.6 Å². The van der Waals surface area contributed by atoms with Gasteiger partial charge in [-0.25, -0.2) is 9.48 Å². The Labute approximate surface area is 185 Å². The summed E-state index contributed by atoms with van der Waals surface area (Å²) in [6, 6.07) is 16.2. The second-order valence-electron chi connectivity index (χ2n) is 8.41. The molecule has 164 valence electrons. The van der Waals surface area contributed by atoms with Crippen molar-refractivity contribution in [2.24, 2.45) is 0 Å². The Kier molecular flexibility index (Phi) is 4.74. The molecule has 1 heterocycles. The molecule has 1 spiro atoms. The van der Waals surface area contributed by atoms with Crippen LogP contribution in [-0.4, -0.2) is 40.0 Å². The van der Waals surface area contributed by atoms with Crippen molar-refractivity contribution < 1.29 is 14.7 Å². The minimum atomic E-state index is -0.674. The van der Waals surface area contributed by atoms with Crippen LogP contribution in [0.25, 0.3) is 5.69 Å². The van der Waals surface area contributed by atoms with Gasteiger partial charge in [-0.05, 0) is 43.0 Å². The molecule has 4 N–H and O–H groups in total. The monoisotopic (exact) mass is 431 g/mol. The number of amides is 3. The van der Waals surface area contributed by atoms with Gasteiger partial charge in [0.25, 0.3) is 5.91 Å². The lowest BCUT2D eigenvalue weighted by Gasteiger charge is -2.21. The summed E-state index contributed by atoms with van der Waals surface area (Å²) in [5, 5.41) is 23.8. The third-order valence-electron chi connectivity index (χ3n) is 6.59. The molecule has 0 bridgehead atoms. The van der Waals surface area contributed by atoms with Crippen molar-refractivity contribution in [2.45, 2.75) is 37.3 Å². The molecule has 1 saturated carbocycles. The molecule has 0 aliphatic heterocycles. The number of nitrogens with one attached hydrogen (secondary N) is 3. The van der Waals surface area contributed by atoms with Gasteiger partial charge in [-0.2, -0.15) is 5.10 Å². The Morgan fingerprint density at radius 1 is 1.09 bits per heavy atom. The zero-order valence-corrected chi connectivity index (χ0v) is 17.9. The van der Waals surface area contributed by atoms with Gasteiger partial charge in [0.2, 0.25) is 0 Å². The van der Waals surface area contributed by atoms with E-state index in [1.807, 2.05) is 54.6 Å². The topological polar surface area (TPSA) is 108 Å². The molecule has 3 aromatic rings. The Bertz CT molecular complexity index is 1200. The third kappa shape index (κ3) is 3.06. The fourth-order valence-electron chi connectivity index (χ4n) is 4.74. The van der Waals surface area contributed by atoms with Crippen molar-refractivity contribution in [1.29, 1.82) is 0 Å². The van der Waals surface area contributed by atoms with Gasteiger partial charge >= 0.3 is 6.03 Å². The van der Waals surface area contributed by atoms with E-state index in [2.05, 4.69) is 21.0 Å². The number of hydrogen-bond donors (Lipinski definition) is 4. The maximum absolute atomic E-state index is 13.1. The molecule has 2 aliphatic carbocycles. The average molecular weight is 431 g/mol. The zero-order valence-electron chi connectivity index (χ0n) is 17.9. The van der Waals surface area contributed by atoms with Gasteiger partial charge in [-0.3, -0.25) is 10.1 Å². The van der Waals surface area contributed by atoms with E-state index in [-0.39, 0.29) is 17.0 Å². The van der Waals surface area contributed by atoms with Crippen LogP contribution in [0.15, 0.2) is 54.6 Å². The molecule has 8 nitrogen and oxygen atoms in total. The number of urea groups is 1. The van der Waals surface area contributed by atoms with Crippen molar-refractivity contribution in [2.75, 3.05) is 12.4 Å². The number of carbonyl (C=O) groups is 2. The summed E-state index contributed by atoms with van der Waals surface area (Å²) in [5.41, 5.74) is 3.31. The van der Waals surface area contributed by atoms with Crippen LogP contribution in [0.5, 0.6) is 0 Å². The molecule has 2 atom stereocenters. The summed E-state index contributed by atoms with van der Waals surface area (Å²) in [5.74, 6) is 0.0608. The number of fused-ring (bicyclic) bond motifs is 2. The van der Waals surface area contributed by atoms with E-state index in [4.69, 9.17) is 0 Å². The van der Waals surface area contributed by atoms with Crippen molar-refractivity contribution in [3.05, 3.63) is 77.0 Å². The van der Waals surface area contributed by atoms with Gasteiger partial charge in [0, 0.05) is 18.0 Å². The molecule has 2 aromatic carbocycles. The smallest absolute Gasteiger partial charge is 0.320 e. The standard InChI is InChI=1S/C24H25N5O3/c1-14-18(22(31)25-2)28-29(15-8-4-3-5-9-15)21(14)27-23(32)26-19-16-10-6-7-11-17(16)24(12-13-24)20(19)30/h3-11,19-20,30H,12-13H2,1-2H3,(H,25,31)(H2,26,27,32)/t19-,20+/m1/s1. The Balaban J connectivity index is 1.45. The van der Waals surface area contributed by atoms with Gasteiger partial charge in [-0.15, -0.1) is 0 Å². The number of aliphatic hydroxyl groups excluding tert-OH is 1. The van der Waals surface area contributed by atoms with Crippen LogP contribution in [0.3, 0.4) is 0 Å². The minimum absolute atomic E-state index is 0.231. The number of aliphatic hydroxyl groups is 1. The fourth-order valence-corrected chi connectivity index (χ4v) is 4.74. The number of benzene rings is 2. The summed E-state index contributed by atoms with van der Waals surface area (Å²) in [7, 11) is 1.54. The van der Waals surface area contributed by atoms with Crippen LogP contribution in [0, 0.1) is 6.92 Å². The van der Waals surface area contributed by atoms with Crippen LogP contribution in [0.2, 0.25) is 0 Å². The molecular weight excluding hydrogens is 406 g/mol. The van der Waals surface area contributed by atoms with Crippen LogP contribution >= 0.6 is 0 Å². The molecule has 5 rings (SSSR count). The maximum Gasteiger partial charge on any atom is 0.320 e. The SMILES string of the molecule is CNC(=O)c1nn(-c2ccccc2)c(NC(=O)N[C@@H]2c3ccccc3C3(CC3)[C@H]2O)c1C. The Morgan fingerprint density at radius 3 is 2.47 bits per heavy atom. The van der Waals surface area contributed by atoms with Gasteiger partial charge in [0.1, 0.15) is 5.82 Å². The first-order chi connectivity index (χ1) is 15.5. The van der Waals surface area contributed by atoms with E-state index in [0.717, 1.165) is 24.0 Å². The number of para-hydroxylation sites is 1. The molecule has 1 fully saturated rings. The lowest BCUT2D eigenvalue weighted by atomic mass is 9.97. The Hall–Kier alpha value is -3.65. The van der Waals surface area contributed by atoms with Crippen molar-refractivity contribution in [3.63, 3.8) is 0 Å². The van der Waals surface area contributed by atoms with Crippen molar-refractivity contribution >= 4 is 17.8 Å². The van der Waals surface area contributed by atoms with E-state index in [1.54, 1.807) is 11.6 Å². The van der Waals surface area contributed by atoms with Crippen LogP contribution < -0.4 is 16.0 Å². The normalized spacial score (nSPS) is 20.0. The molecule has 3 amide bonds. The highest BCUT2D eigenvalue weighted by Gasteiger charge is 2.59. The first kappa shape index (κ1) is 20.3. The number of hydrogen-bond acceptors (Lipinski definition) is 4. The molecule has 0 radical (unpaired) electrons. The first-order valence-corrected chi connectivity index (χ1v) is 10.7. The Morgan fingerprint density at radius 2 is 1.78 bits per heavy atom. The van der Waals surface area contributed by atoms with Gasteiger partial charge in [-0.1, -0.05) is 42.5 Å². The summed E-state index contributed by atoms with van der Waals surface area (Å²) >= 11 is 0. The van der Waals surface area contributed by atoms with Gasteiger partial charge < -0.3 is 15.7 Å². The summed E-state index contributed by atoms with van der Waals surface area (Å²) in [6.45, 7) is 1.74. The van der Waals surface area contributed by atoms with E-state index < -0.39 is 18.2 Å². The van der Waals surface area contributed by atoms with Gasteiger partial charge in [0.15, 0.2) is 5.69 Å². The highest BCUT2D eigenvalue weighted by Crippen LogP contribution is 2.59. The predicted molar refractivity (Wildman–Crippen MR) is 120 cm³/mol. The van der Waals surface area contributed by atoms with Gasteiger partial charge in [0.05, 0.1) is 17.8 Å².